The van der Waals surface area contributed by atoms with Crippen LogP contribution >= 0.6 is 0 Å². The van der Waals surface area contributed by atoms with Gasteiger partial charge in [-0.05, 0) is 88.6 Å². The fourth-order valence-electron chi connectivity index (χ4n) is 6.51. The smallest absolute Gasteiger partial charge is 0.0508 e. The lowest BCUT2D eigenvalue weighted by Gasteiger charge is -2.32. The van der Waals surface area contributed by atoms with Crippen molar-refractivity contribution in [3.05, 3.63) is 156 Å². The number of allylic oxidation sites excluding steroid dienone is 7. The molecule has 0 aromatic heterocycles. The van der Waals surface area contributed by atoms with Crippen molar-refractivity contribution in [2.45, 2.75) is 25.8 Å². The minimum absolute atomic E-state index is 0.390. The summed E-state index contributed by atoms with van der Waals surface area (Å²) in [6, 6.07) is 34.5. The molecule has 0 amide bonds. The van der Waals surface area contributed by atoms with Crippen molar-refractivity contribution in [2.75, 3.05) is 11.1 Å². The maximum Gasteiger partial charge on any atom is 0.0508 e. The number of hydrogen-bond donors (Lipinski definition) is 3. The van der Waals surface area contributed by atoms with Gasteiger partial charge in [0.1, 0.15) is 0 Å². The monoisotopic (exact) mass is 559 g/mol. The highest BCUT2D eigenvalue weighted by atomic mass is 14.9. The van der Waals surface area contributed by atoms with Crippen LogP contribution in [0.1, 0.15) is 25.3 Å². The lowest BCUT2D eigenvalue weighted by Crippen LogP contribution is -2.35. The van der Waals surface area contributed by atoms with Crippen LogP contribution in [-0.4, -0.2) is 6.04 Å². The van der Waals surface area contributed by atoms with Crippen LogP contribution < -0.4 is 16.4 Å². The number of para-hydroxylation sites is 1. The summed E-state index contributed by atoms with van der Waals surface area (Å²) < 4.78 is 0. The van der Waals surface area contributed by atoms with Crippen molar-refractivity contribution >= 4 is 22.6 Å². The number of nitrogens with two attached hydrogens (primary N) is 1. The molecule has 3 aliphatic rings. The van der Waals surface area contributed by atoms with E-state index in [-0.39, 0.29) is 0 Å². The second-order valence-electron chi connectivity index (χ2n) is 11.9. The van der Waals surface area contributed by atoms with E-state index in [1.54, 1.807) is 0 Å². The van der Waals surface area contributed by atoms with E-state index in [1.165, 1.54) is 27.8 Å². The molecular formula is C40H37N3. The number of anilines is 3. The van der Waals surface area contributed by atoms with E-state index >= 15 is 0 Å². The normalized spacial score (nSPS) is 20.8. The van der Waals surface area contributed by atoms with Gasteiger partial charge in [0.05, 0.1) is 6.04 Å². The van der Waals surface area contributed by atoms with Gasteiger partial charge >= 0.3 is 0 Å². The predicted octanol–water partition coefficient (Wildman–Crippen LogP) is 9.68. The Morgan fingerprint density at radius 2 is 1.44 bits per heavy atom. The summed E-state index contributed by atoms with van der Waals surface area (Å²) in [6.45, 7) is 2.31. The second-order valence-corrected chi connectivity index (χ2v) is 11.9. The summed E-state index contributed by atoms with van der Waals surface area (Å²) in [7, 11) is 0. The third-order valence-corrected chi connectivity index (χ3v) is 8.75. The molecule has 3 atom stereocenters. The Morgan fingerprint density at radius 3 is 2.26 bits per heavy atom. The molecule has 212 valence electrons. The van der Waals surface area contributed by atoms with Gasteiger partial charge in [-0.25, -0.2) is 0 Å². The molecule has 0 fully saturated rings. The average Bonchev–Trinajstić information content (AvgIpc) is 3.05. The van der Waals surface area contributed by atoms with Crippen molar-refractivity contribution in [1.82, 2.24) is 5.32 Å². The van der Waals surface area contributed by atoms with Crippen LogP contribution in [-0.2, 0) is 0 Å². The van der Waals surface area contributed by atoms with Crippen LogP contribution in [0.15, 0.2) is 151 Å². The summed E-state index contributed by atoms with van der Waals surface area (Å²) in [5.74, 6) is 0.929. The molecule has 3 unspecified atom stereocenters. The zero-order valence-corrected chi connectivity index (χ0v) is 24.5. The van der Waals surface area contributed by atoms with Gasteiger partial charge in [-0.3, -0.25) is 0 Å². The Labute approximate surface area is 254 Å². The minimum Gasteiger partial charge on any atom is -0.398 e. The molecule has 0 spiro atoms. The van der Waals surface area contributed by atoms with Gasteiger partial charge in [-0.1, -0.05) is 104 Å². The van der Waals surface area contributed by atoms with Crippen LogP contribution in [0.3, 0.4) is 0 Å². The Bertz CT molecular complexity index is 1790. The first-order valence-electron chi connectivity index (χ1n) is 15.3. The van der Waals surface area contributed by atoms with Gasteiger partial charge < -0.3 is 16.4 Å². The molecular weight excluding hydrogens is 522 g/mol. The maximum atomic E-state index is 6.67. The Hall–Kier alpha value is -5.02. The Balaban J connectivity index is 1.23. The molecule has 4 aromatic carbocycles. The third-order valence-electron chi connectivity index (χ3n) is 8.75. The standard InChI is InChI=1S/C40H37N3/c1-27-20-32(34-22-31-12-8-9-15-39(31)42-26-34)23-33(21-27)36-24-29(16-18-38(36)41)30-17-19-40(43-35-13-6-3-7-14-35)37(25-30)28-10-4-2-5-11-28/h2-20,23-27,31,39,42-43H,21-22,41H2,1H3. The maximum absolute atomic E-state index is 6.67. The van der Waals surface area contributed by atoms with Crippen molar-refractivity contribution in [3.8, 4) is 22.3 Å². The zero-order chi connectivity index (χ0) is 29.2. The van der Waals surface area contributed by atoms with E-state index < -0.39 is 0 Å². The first kappa shape index (κ1) is 26.9. The molecule has 3 nitrogen and oxygen atoms in total. The second kappa shape index (κ2) is 11.7. The molecule has 0 radical (unpaired) electrons. The third kappa shape index (κ3) is 5.72. The number of benzene rings is 4. The predicted molar refractivity (Wildman–Crippen MR) is 183 cm³/mol. The minimum atomic E-state index is 0.390. The van der Waals surface area contributed by atoms with Gasteiger partial charge in [0.15, 0.2) is 0 Å². The van der Waals surface area contributed by atoms with E-state index in [0.717, 1.165) is 46.6 Å². The lowest BCUT2D eigenvalue weighted by atomic mass is 9.79. The highest BCUT2D eigenvalue weighted by molar-refractivity contribution is 5.87. The van der Waals surface area contributed by atoms with Crippen LogP contribution in [0.25, 0.3) is 27.8 Å². The number of nitrogens with one attached hydrogen (secondary N) is 2. The highest BCUT2D eigenvalue weighted by Gasteiger charge is 2.26. The Morgan fingerprint density at radius 1 is 0.721 bits per heavy atom. The van der Waals surface area contributed by atoms with Gasteiger partial charge in [0, 0.05) is 40.3 Å². The summed E-state index contributed by atoms with van der Waals surface area (Å²) in [4.78, 5) is 0. The molecule has 0 bridgehead atoms. The molecule has 2 aliphatic carbocycles. The van der Waals surface area contributed by atoms with Crippen LogP contribution in [0.2, 0.25) is 0 Å². The first-order valence-corrected chi connectivity index (χ1v) is 15.3. The molecule has 3 heteroatoms. The summed E-state index contributed by atoms with van der Waals surface area (Å²) in [5, 5.41) is 7.24. The van der Waals surface area contributed by atoms with E-state index in [9.17, 15) is 0 Å². The number of nitrogen functional groups attached to an aromatic ring is 1. The SMILES string of the molecule is CC1C=C(C2=CNC3C=CC=CC3C2)C=C(c2cc(-c3ccc(Nc4ccccc4)c(-c4ccccc4)c3)ccc2N)C1. The van der Waals surface area contributed by atoms with Crippen LogP contribution in [0.5, 0.6) is 0 Å². The average molecular weight is 560 g/mol. The van der Waals surface area contributed by atoms with Crippen molar-refractivity contribution in [2.24, 2.45) is 11.8 Å². The summed E-state index contributed by atoms with van der Waals surface area (Å²) in [6.07, 6.45) is 17.9. The summed E-state index contributed by atoms with van der Waals surface area (Å²) >= 11 is 0. The van der Waals surface area contributed by atoms with E-state index in [2.05, 4.69) is 151 Å². The fourth-order valence-corrected chi connectivity index (χ4v) is 6.51. The van der Waals surface area contributed by atoms with E-state index in [4.69, 9.17) is 5.73 Å². The van der Waals surface area contributed by atoms with Crippen molar-refractivity contribution < 1.29 is 0 Å². The van der Waals surface area contributed by atoms with E-state index in [1.807, 2.05) is 6.07 Å². The molecule has 0 saturated carbocycles. The highest BCUT2D eigenvalue weighted by Crippen LogP contribution is 2.40. The quantitative estimate of drug-likeness (QED) is 0.206. The zero-order valence-electron chi connectivity index (χ0n) is 24.5. The van der Waals surface area contributed by atoms with Crippen LogP contribution in [0, 0.1) is 11.8 Å². The van der Waals surface area contributed by atoms with Crippen molar-refractivity contribution in [1.29, 1.82) is 0 Å². The number of rotatable bonds is 6. The first-order chi connectivity index (χ1) is 21.1. The summed E-state index contributed by atoms with van der Waals surface area (Å²) in [5.41, 5.74) is 19.4. The van der Waals surface area contributed by atoms with Gasteiger partial charge in [-0.15, -0.1) is 0 Å². The topological polar surface area (TPSA) is 50.1 Å². The molecule has 4 N–H and O–H groups in total. The van der Waals surface area contributed by atoms with Crippen LogP contribution in [0.4, 0.5) is 17.1 Å². The molecule has 7 rings (SSSR count). The lowest BCUT2D eigenvalue weighted by molar-refractivity contribution is 0.487. The number of fused-ring (bicyclic) bond motifs is 1. The molecule has 0 saturated heterocycles. The molecule has 43 heavy (non-hydrogen) atoms. The Kier molecular flexibility index (Phi) is 7.30. The van der Waals surface area contributed by atoms with Gasteiger partial charge in [0.2, 0.25) is 0 Å². The number of hydrogen-bond acceptors (Lipinski definition) is 3. The molecule has 1 heterocycles. The largest absolute Gasteiger partial charge is 0.398 e. The fraction of sp³-hybridized carbons (Fsp3) is 0.150. The van der Waals surface area contributed by atoms with Crippen molar-refractivity contribution in [3.63, 3.8) is 0 Å². The van der Waals surface area contributed by atoms with Gasteiger partial charge in [0.25, 0.3) is 0 Å². The molecule has 1 aliphatic heterocycles. The molecule has 4 aromatic rings. The van der Waals surface area contributed by atoms with E-state index in [0.29, 0.717) is 17.9 Å². The van der Waals surface area contributed by atoms with Gasteiger partial charge in [-0.2, -0.15) is 0 Å².